The van der Waals surface area contributed by atoms with Gasteiger partial charge in [0.05, 0.1) is 6.61 Å². The van der Waals surface area contributed by atoms with Crippen LogP contribution in [0.25, 0.3) is 0 Å². The Morgan fingerprint density at radius 3 is 2.14 bits per heavy atom. The molecule has 0 aliphatic heterocycles. The molecule has 21 heavy (non-hydrogen) atoms. The molecule has 0 bridgehead atoms. The quantitative estimate of drug-likeness (QED) is 0.258. The minimum Gasteiger partial charge on any atom is -0.465 e. The molecule has 0 saturated carbocycles. The summed E-state index contributed by atoms with van der Waals surface area (Å²) in [6, 6.07) is 0. The molecule has 0 aromatic rings. The van der Waals surface area contributed by atoms with Crippen LogP contribution in [0.4, 0.5) is 0 Å². The molecular weight excluding hydrogens is 264 g/mol. The van der Waals surface area contributed by atoms with Gasteiger partial charge in [-0.2, -0.15) is 0 Å². The van der Waals surface area contributed by atoms with Crippen LogP contribution >= 0.6 is 0 Å². The van der Waals surface area contributed by atoms with Crippen LogP contribution < -0.4 is 0 Å². The first-order chi connectivity index (χ1) is 10.1. The van der Waals surface area contributed by atoms with E-state index in [0.717, 1.165) is 24.8 Å². The van der Waals surface area contributed by atoms with E-state index in [2.05, 4.69) is 13.5 Å². The molecule has 0 aliphatic rings. The topological polar surface area (TPSA) is 43.4 Å². The Balaban J connectivity index is 3.42. The van der Waals surface area contributed by atoms with Crippen LogP contribution in [0.2, 0.25) is 0 Å². The van der Waals surface area contributed by atoms with E-state index < -0.39 is 0 Å². The van der Waals surface area contributed by atoms with Crippen LogP contribution in [0.15, 0.2) is 12.2 Å². The van der Waals surface area contributed by atoms with Gasteiger partial charge in [0.1, 0.15) is 5.78 Å². The monoisotopic (exact) mass is 296 g/mol. The lowest BCUT2D eigenvalue weighted by atomic mass is 10.1. The molecule has 0 atom stereocenters. The summed E-state index contributed by atoms with van der Waals surface area (Å²) >= 11 is 0. The molecule has 0 rings (SSSR count). The number of carbonyl (C=O) groups excluding carboxylic acids is 2. The first kappa shape index (κ1) is 19.9. The third-order valence-electron chi connectivity index (χ3n) is 3.58. The molecule has 0 radical (unpaired) electrons. The highest BCUT2D eigenvalue weighted by molar-refractivity contribution is 5.81. The molecule has 0 fully saturated rings. The fourth-order valence-electron chi connectivity index (χ4n) is 2.07. The Labute approximate surface area is 130 Å². The highest BCUT2D eigenvalue weighted by atomic mass is 16.5. The van der Waals surface area contributed by atoms with Gasteiger partial charge in [-0.05, 0) is 12.8 Å². The first-order valence-corrected chi connectivity index (χ1v) is 8.44. The molecule has 0 spiro atoms. The van der Waals surface area contributed by atoms with Gasteiger partial charge in [0.2, 0.25) is 0 Å². The molecule has 122 valence electrons. The van der Waals surface area contributed by atoms with Gasteiger partial charge in [0.25, 0.3) is 0 Å². The fourth-order valence-corrected chi connectivity index (χ4v) is 2.07. The average molecular weight is 296 g/mol. The second-order valence-corrected chi connectivity index (χ2v) is 5.66. The maximum atomic E-state index is 11.5. The predicted molar refractivity (Wildman–Crippen MR) is 87.2 cm³/mol. The fraction of sp³-hybridized carbons (Fsp3) is 0.778. The predicted octanol–water partition coefficient (Wildman–Crippen LogP) is 4.99. The summed E-state index contributed by atoms with van der Waals surface area (Å²) in [5, 5.41) is 0. The summed E-state index contributed by atoms with van der Waals surface area (Å²) in [6.45, 7) is 8.21. The van der Waals surface area contributed by atoms with Crippen molar-refractivity contribution in [2.24, 2.45) is 0 Å². The Morgan fingerprint density at radius 1 is 0.905 bits per heavy atom. The van der Waals surface area contributed by atoms with Gasteiger partial charge in [-0.25, -0.2) is 0 Å². The summed E-state index contributed by atoms with van der Waals surface area (Å²) in [5.74, 6) is -0.0729. The first-order valence-electron chi connectivity index (χ1n) is 8.44. The van der Waals surface area contributed by atoms with Crippen LogP contribution in [-0.2, 0) is 14.3 Å². The van der Waals surface area contributed by atoms with Crippen LogP contribution in [-0.4, -0.2) is 18.4 Å². The van der Waals surface area contributed by atoms with E-state index in [-0.39, 0.29) is 18.4 Å². The number of hydrogen-bond donors (Lipinski definition) is 0. The number of rotatable bonds is 14. The SMILES string of the molecule is C=C(CC)CC(=O)CCOC(=O)CCCCCCCCC. The largest absolute Gasteiger partial charge is 0.465 e. The van der Waals surface area contributed by atoms with Crippen LogP contribution in [0.5, 0.6) is 0 Å². The summed E-state index contributed by atoms with van der Waals surface area (Å²) in [4.78, 5) is 23.0. The minimum absolute atomic E-state index is 0.102. The number of allylic oxidation sites excluding steroid dienone is 1. The van der Waals surface area contributed by atoms with Gasteiger partial charge in [-0.15, -0.1) is 0 Å². The third kappa shape index (κ3) is 13.6. The van der Waals surface area contributed by atoms with E-state index in [0.29, 0.717) is 19.3 Å². The molecule has 0 aromatic heterocycles. The second-order valence-electron chi connectivity index (χ2n) is 5.66. The Morgan fingerprint density at radius 2 is 1.52 bits per heavy atom. The number of ether oxygens (including phenoxy) is 1. The Kier molecular flexibility index (Phi) is 13.1. The van der Waals surface area contributed by atoms with Crippen LogP contribution in [0.3, 0.4) is 0 Å². The standard InChI is InChI=1S/C18H32O3/c1-4-6-7-8-9-10-11-12-18(20)21-14-13-17(19)15-16(3)5-2/h3-15H2,1-2H3. The van der Waals surface area contributed by atoms with E-state index in [4.69, 9.17) is 4.74 Å². The molecule has 3 heteroatoms. The maximum absolute atomic E-state index is 11.5. The maximum Gasteiger partial charge on any atom is 0.305 e. The average Bonchev–Trinajstić information content (AvgIpc) is 2.46. The number of ketones is 1. The van der Waals surface area contributed by atoms with Gasteiger partial charge in [-0.3, -0.25) is 9.59 Å². The van der Waals surface area contributed by atoms with E-state index in [1.165, 1.54) is 32.1 Å². The van der Waals surface area contributed by atoms with E-state index in [1.807, 2.05) is 6.92 Å². The van der Waals surface area contributed by atoms with Gasteiger partial charge in [-0.1, -0.05) is 64.5 Å². The highest BCUT2D eigenvalue weighted by Gasteiger charge is 2.07. The van der Waals surface area contributed by atoms with Crippen molar-refractivity contribution in [3.8, 4) is 0 Å². The van der Waals surface area contributed by atoms with Crippen molar-refractivity contribution in [1.82, 2.24) is 0 Å². The molecular formula is C18H32O3. The zero-order valence-corrected chi connectivity index (χ0v) is 13.9. The summed E-state index contributed by atoms with van der Waals surface area (Å²) < 4.78 is 5.08. The van der Waals surface area contributed by atoms with E-state index >= 15 is 0 Å². The number of Topliss-reactive ketones (excluding diaryl/α,β-unsaturated/α-hetero) is 1. The number of hydrogen-bond acceptors (Lipinski definition) is 3. The number of unbranched alkanes of at least 4 members (excludes halogenated alkanes) is 6. The van der Waals surface area contributed by atoms with Crippen LogP contribution in [0.1, 0.15) is 84.5 Å². The van der Waals surface area contributed by atoms with Gasteiger partial charge in [0, 0.05) is 19.3 Å². The van der Waals surface area contributed by atoms with Crippen molar-refractivity contribution in [2.45, 2.75) is 84.5 Å². The highest BCUT2D eigenvalue weighted by Crippen LogP contribution is 2.09. The molecule has 3 nitrogen and oxygen atoms in total. The van der Waals surface area contributed by atoms with Crippen molar-refractivity contribution >= 4 is 11.8 Å². The molecule has 0 N–H and O–H groups in total. The van der Waals surface area contributed by atoms with E-state index in [1.54, 1.807) is 0 Å². The molecule has 0 heterocycles. The second kappa shape index (κ2) is 13.8. The molecule has 0 unspecified atom stereocenters. The lowest BCUT2D eigenvalue weighted by Crippen LogP contribution is -2.10. The van der Waals surface area contributed by atoms with Crippen molar-refractivity contribution in [1.29, 1.82) is 0 Å². The molecule has 0 aliphatic carbocycles. The Hall–Kier alpha value is -1.12. The molecule has 0 amide bonds. The summed E-state index contributed by atoms with van der Waals surface area (Å²) in [5.41, 5.74) is 0.939. The Bertz CT molecular complexity index is 308. The van der Waals surface area contributed by atoms with Gasteiger partial charge < -0.3 is 4.74 Å². The lowest BCUT2D eigenvalue weighted by molar-refractivity contribution is -0.144. The lowest BCUT2D eigenvalue weighted by Gasteiger charge is -2.05. The minimum atomic E-state index is -0.175. The van der Waals surface area contributed by atoms with Crippen LogP contribution in [0, 0.1) is 0 Å². The number of carbonyl (C=O) groups is 2. The van der Waals surface area contributed by atoms with Gasteiger partial charge in [0.15, 0.2) is 0 Å². The van der Waals surface area contributed by atoms with Gasteiger partial charge >= 0.3 is 5.97 Å². The summed E-state index contributed by atoms with van der Waals surface area (Å²) in [6.07, 6.45) is 10.3. The smallest absolute Gasteiger partial charge is 0.305 e. The third-order valence-corrected chi connectivity index (χ3v) is 3.58. The normalized spacial score (nSPS) is 10.4. The summed E-state index contributed by atoms with van der Waals surface area (Å²) in [7, 11) is 0. The van der Waals surface area contributed by atoms with Crippen molar-refractivity contribution in [2.75, 3.05) is 6.61 Å². The zero-order valence-electron chi connectivity index (χ0n) is 13.9. The molecule has 0 aromatic carbocycles. The van der Waals surface area contributed by atoms with Crippen molar-refractivity contribution < 1.29 is 14.3 Å². The molecule has 0 saturated heterocycles. The van der Waals surface area contributed by atoms with E-state index in [9.17, 15) is 9.59 Å². The van der Waals surface area contributed by atoms with Crippen molar-refractivity contribution in [3.63, 3.8) is 0 Å². The van der Waals surface area contributed by atoms with Crippen molar-refractivity contribution in [3.05, 3.63) is 12.2 Å². The number of esters is 1. The zero-order chi connectivity index (χ0) is 15.9.